The van der Waals surface area contributed by atoms with E-state index in [1.54, 1.807) is 4.90 Å². The van der Waals surface area contributed by atoms with Crippen molar-refractivity contribution in [2.45, 2.75) is 39.2 Å². The zero-order chi connectivity index (χ0) is 14.8. The highest BCUT2D eigenvalue weighted by Crippen LogP contribution is 2.31. The van der Waals surface area contributed by atoms with Gasteiger partial charge in [-0.25, -0.2) is 4.79 Å². The van der Waals surface area contributed by atoms with Gasteiger partial charge >= 0.3 is 6.03 Å². The molecular weight excluding hydrogens is 262 g/mol. The SMILES string of the molecule is CC1CCC(Nc2cccc(N3CCNC3=O)c2)CC1C. The number of urea groups is 1. The quantitative estimate of drug-likeness (QED) is 0.894. The molecule has 0 spiro atoms. The molecule has 1 saturated heterocycles. The van der Waals surface area contributed by atoms with Crippen molar-refractivity contribution in [2.24, 2.45) is 11.8 Å². The van der Waals surface area contributed by atoms with Crippen LogP contribution in [0.3, 0.4) is 0 Å². The molecule has 2 amide bonds. The molecule has 0 bridgehead atoms. The lowest BCUT2D eigenvalue weighted by atomic mass is 9.79. The van der Waals surface area contributed by atoms with Crippen molar-refractivity contribution >= 4 is 17.4 Å². The molecule has 114 valence electrons. The van der Waals surface area contributed by atoms with Crippen molar-refractivity contribution in [1.82, 2.24) is 5.32 Å². The number of nitrogens with one attached hydrogen (secondary N) is 2. The zero-order valence-electron chi connectivity index (χ0n) is 12.9. The Morgan fingerprint density at radius 2 is 2.10 bits per heavy atom. The maximum Gasteiger partial charge on any atom is 0.321 e. The third kappa shape index (κ3) is 3.14. The van der Waals surface area contributed by atoms with Crippen LogP contribution in [0.15, 0.2) is 24.3 Å². The van der Waals surface area contributed by atoms with E-state index in [2.05, 4.69) is 36.6 Å². The molecular formula is C17H25N3O. The summed E-state index contributed by atoms with van der Waals surface area (Å²) in [6.45, 7) is 6.19. The summed E-state index contributed by atoms with van der Waals surface area (Å²) in [6.07, 6.45) is 3.77. The number of carbonyl (C=O) groups excluding carboxylic acids is 1. The lowest BCUT2D eigenvalue weighted by Gasteiger charge is -2.33. The van der Waals surface area contributed by atoms with Crippen LogP contribution < -0.4 is 15.5 Å². The number of benzene rings is 1. The molecule has 1 aromatic carbocycles. The van der Waals surface area contributed by atoms with Gasteiger partial charge in [-0.15, -0.1) is 0 Å². The average Bonchev–Trinajstić information content (AvgIpc) is 2.89. The fourth-order valence-electron chi connectivity index (χ4n) is 3.40. The highest BCUT2D eigenvalue weighted by molar-refractivity contribution is 5.94. The van der Waals surface area contributed by atoms with E-state index in [1.165, 1.54) is 19.3 Å². The van der Waals surface area contributed by atoms with Gasteiger partial charge in [-0.1, -0.05) is 19.9 Å². The molecule has 3 atom stereocenters. The molecule has 4 heteroatoms. The number of hydrogen-bond donors (Lipinski definition) is 2. The monoisotopic (exact) mass is 287 g/mol. The first-order valence-electron chi connectivity index (χ1n) is 8.05. The Hall–Kier alpha value is -1.71. The van der Waals surface area contributed by atoms with E-state index >= 15 is 0 Å². The molecule has 1 aromatic rings. The van der Waals surface area contributed by atoms with Gasteiger partial charge in [0.25, 0.3) is 0 Å². The van der Waals surface area contributed by atoms with Gasteiger partial charge in [-0.2, -0.15) is 0 Å². The van der Waals surface area contributed by atoms with Gasteiger partial charge in [0.05, 0.1) is 0 Å². The van der Waals surface area contributed by atoms with E-state index in [0.717, 1.165) is 36.3 Å². The van der Waals surface area contributed by atoms with Crippen LogP contribution in [0.25, 0.3) is 0 Å². The molecule has 2 fully saturated rings. The van der Waals surface area contributed by atoms with Gasteiger partial charge in [0, 0.05) is 30.5 Å². The average molecular weight is 287 g/mol. The predicted octanol–water partition coefficient (Wildman–Crippen LogP) is 3.45. The van der Waals surface area contributed by atoms with Crippen LogP contribution in [0.5, 0.6) is 0 Å². The Kier molecular flexibility index (Phi) is 4.04. The fraction of sp³-hybridized carbons (Fsp3) is 0.588. The standard InChI is InChI=1S/C17H25N3O/c1-12-6-7-15(10-13(12)2)19-14-4-3-5-16(11-14)20-9-8-18-17(20)21/h3-5,11-13,15,19H,6-10H2,1-2H3,(H,18,21). The molecule has 0 aromatic heterocycles. The fourth-order valence-corrected chi connectivity index (χ4v) is 3.40. The molecule has 1 aliphatic heterocycles. The maximum absolute atomic E-state index is 11.7. The summed E-state index contributed by atoms with van der Waals surface area (Å²) < 4.78 is 0. The van der Waals surface area contributed by atoms with Crippen molar-refractivity contribution in [1.29, 1.82) is 0 Å². The van der Waals surface area contributed by atoms with Crippen molar-refractivity contribution in [3.8, 4) is 0 Å². The topological polar surface area (TPSA) is 44.4 Å². The number of nitrogens with zero attached hydrogens (tertiary/aromatic N) is 1. The van der Waals surface area contributed by atoms with Gasteiger partial charge in [-0.3, -0.25) is 4.90 Å². The van der Waals surface area contributed by atoms with Crippen LogP contribution in [0.2, 0.25) is 0 Å². The Morgan fingerprint density at radius 1 is 1.24 bits per heavy atom. The highest BCUT2D eigenvalue weighted by Gasteiger charge is 2.25. The Balaban J connectivity index is 1.67. The van der Waals surface area contributed by atoms with E-state index in [1.807, 2.05) is 12.1 Å². The zero-order valence-corrected chi connectivity index (χ0v) is 12.9. The van der Waals surface area contributed by atoms with Crippen LogP contribution in [-0.4, -0.2) is 25.2 Å². The minimum atomic E-state index is 0.00673. The van der Waals surface area contributed by atoms with E-state index in [-0.39, 0.29) is 6.03 Å². The predicted molar refractivity (Wildman–Crippen MR) is 86.8 cm³/mol. The molecule has 0 radical (unpaired) electrons. The molecule has 4 nitrogen and oxygen atoms in total. The van der Waals surface area contributed by atoms with Crippen LogP contribution in [0.4, 0.5) is 16.2 Å². The first-order chi connectivity index (χ1) is 10.1. The van der Waals surface area contributed by atoms with Crippen molar-refractivity contribution in [3.63, 3.8) is 0 Å². The molecule has 3 unspecified atom stereocenters. The van der Waals surface area contributed by atoms with Gasteiger partial charge in [0.15, 0.2) is 0 Å². The molecule has 2 N–H and O–H groups in total. The van der Waals surface area contributed by atoms with E-state index in [4.69, 9.17) is 0 Å². The minimum absolute atomic E-state index is 0.00673. The van der Waals surface area contributed by atoms with Crippen LogP contribution in [0.1, 0.15) is 33.1 Å². The van der Waals surface area contributed by atoms with Gasteiger partial charge in [0.2, 0.25) is 0 Å². The van der Waals surface area contributed by atoms with E-state index in [0.29, 0.717) is 6.04 Å². The van der Waals surface area contributed by atoms with Gasteiger partial charge < -0.3 is 10.6 Å². The summed E-state index contributed by atoms with van der Waals surface area (Å²) >= 11 is 0. The number of amides is 2. The smallest absolute Gasteiger partial charge is 0.321 e. The van der Waals surface area contributed by atoms with Crippen LogP contribution in [0, 0.1) is 11.8 Å². The minimum Gasteiger partial charge on any atom is -0.382 e. The number of anilines is 2. The van der Waals surface area contributed by atoms with Crippen molar-refractivity contribution in [3.05, 3.63) is 24.3 Å². The third-order valence-electron chi connectivity index (χ3n) is 4.98. The summed E-state index contributed by atoms with van der Waals surface area (Å²) in [5, 5.41) is 6.50. The normalized spacial score (nSPS) is 29.3. The van der Waals surface area contributed by atoms with Gasteiger partial charge in [0.1, 0.15) is 0 Å². The van der Waals surface area contributed by atoms with Crippen molar-refractivity contribution < 1.29 is 4.79 Å². The summed E-state index contributed by atoms with van der Waals surface area (Å²) in [6, 6.07) is 8.78. The summed E-state index contributed by atoms with van der Waals surface area (Å²) in [4.78, 5) is 13.6. The first kappa shape index (κ1) is 14.2. The molecule has 1 saturated carbocycles. The molecule has 1 heterocycles. The Labute approximate surface area is 126 Å². The second-order valence-electron chi connectivity index (χ2n) is 6.54. The van der Waals surface area contributed by atoms with Gasteiger partial charge in [-0.05, 0) is 49.3 Å². The van der Waals surface area contributed by atoms with Crippen LogP contribution in [-0.2, 0) is 0 Å². The Bertz CT molecular complexity index is 517. The largest absolute Gasteiger partial charge is 0.382 e. The third-order valence-corrected chi connectivity index (χ3v) is 4.98. The second kappa shape index (κ2) is 5.96. The number of hydrogen-bond acceptors (Lipinski definition) is 2. The highest BCUT2D eigenvalue weighted by atomic mass is 16.2. The Morgan fingerprint density at radius 3 is 2.81 bits per heavy atom. The van der Waals surface area contributed by atoms with Crippen molar-refractivity contribution in [2.75, 3.05) is 23.3 Å². The lowest BCUT2D eigenvalue weighted by Crippen LogP contribution is -2.30. The molecule has 3 rings (SSSR count). The van der Waals surface area contributed by atoms with Crippen LogP contribution >= 0.6 is 0 Å². The molecule has 1 aliphatic carbocycles. The molecule has 21 heavy (non-hydrogen) atoms. The summed E-state index contributed by atoms with van der Waals surface area (Å²) in [7, 11) is 0. The van der Waals surface area contributed by atoms with E-state index < -0.39 is 0 Å². The number of carbonyl (C=O) groups is 1. The molecule has 2 aliphatic rings. The summed E-state index contributed by atoms with van der Waals surface area (Å²) in [5.41, 5.74) is 2.10. The number of rotatable bonds is 3. The first-order valence-corrected chi connectivity index (χ1v) is 8.05. The summed E-state index contributed by atoms with van der Waals surface area (Å²) in [5.74, 6) is 1.62. The van der Waals surface area contributed by atoms with E-state index in [9.17, 15) is 4.79 Å². The lowest BCUT2D eigenvalue weighted by molar-refractivity contribution is 0.252. The maximum atomic E-state index is 11.7. The second-order valence-corrected chi connectivity index (χ2v) is 6.54.